The molecule has 0 bridgehead atoms. The van der Waals surface area contributed by atoms with E-state index in [1.165, 1.54) is 37.3 Å². The molecule has 0 aromatic heterocycles. The standard InChI is InChI=1S/C21H22F3N3O3/c1-5-17(30-12-21(22,23)24)26-11-14(4)20(29)27-18(13(2)3)19(28)16-8-6-15(10-25)7-9-16/h5-9,11,13,18H,4,12H2,1-3H3,(H,27,29)/b17-5+,26-11-. The third kappa shape index (κ3) is 7.91. The van der Waals surface area contributed by atoms with Crippen LogP contribution in [0.2, 0.25) is 0 Å². The highest BCUT2D eigenvalue weighted by atomic mass is 19.4. The molecule has 9 heteroatoms. The van der Waals surface area contributed by atoms with Gasteiger partial charge in [-0.2, -0.15) is 18.4 Å². The minimum Gasteiger partial charge on any atom is -0.468 e. The zero-order valence-electron chi connectivity index (χ0n) is 16.8. The zero-order valence-corrected chi connectivity index (χ0v) is 16.8. The summed E-state index contributed by atoms with van der Waals surface area (Å²) in [6.07, 6.45) is -2.35. The summed E-state index contributed by atoms with van der Waals surface area (Å²) in [4.78, 5) is 28.8. The Balaban J connectivity index is 2.83. The van der Waals surface area contributed by atoms with E-state index in [-0.39, 0.29) is 23.2 Å². The van der Waals surface area contributed by atoms with Crippen LogP contribution in [-0.2, 0) is 9.53 Å². The second-order valence-electron chi connectivity index (χ2n) is 6.56. The van der Waals surface area contributed by atoms with Gasteiger partial charge in [-0.25, -0.2) is 4.99 Å². The second kappa shape index (κ2) is 11.0. The Morgan fingerprint density at radius 3 is 2.37 bits per heavy atom. The number of amides is 1. The number of Topliss-reactive ketones (excluding diaryl/α,β-unsaturated/α-hetero) is 1. The number of nitrogens with one attached hydrogen (secondary N) is 1. The minimum atomic E-state index is -4.52. The van der Waals surface area contributed by atoms with Gasteiger partial charge in [0.2, 0.25) is 5.88 Å². The molecule has 0 spiro atoms. The van der Waals surface area contributed by atoms with Crippen molar-refractivity contribution in [3.63, 3.8) is 0 Å². The molecule has 1 rings (SSSR count). The van der Waals surface area contributed by atoms with Crippen LogP contribution in [0.25, 0.3) is 0 Å². The number of ether oxygens (including phenoxy) is 1. The highest BCUT2D eigenvalue weighted by Gasteiger charge is 2.29. The lowest BCUT2D eigenvalue weighted by Gasteiger charge is -2.21. The van der Waals surface area contributed by atoms with Crippen molar-refractivity contribution in [2.45, 2.75) is 33.0 Å². The predicted octanol–water partition coefficient (Wildman–Crippen LogP) is 3.95. The van der Waals surface area contributed by atoms with Crippen molar-refractivity contribution in [2.75, 3.05) is 6.61 Å². The lowest BCUT2D eigenvalue weighted by molar-refractivity contribution is -0.164. The SMILES string of the molecule is C=C(/C=N\C(=C/C)OCC(F)(F)F)C(=O)NC(C(=O)c1ccc(C#N)cc1)C(C)C. The van der Waals surface area contributed by atoms with E-state index in [1.807, 2.05) is 6.07 Å². The van der Waals surface area contributed by atoms with Crippen LogP contribution in [0.4, 0.5) is 13.2 Å². The fraction of sp³-hybridized carbons (Fsp3) is 0.333. The Morgan fingerprint density at radius 2 is 1.90 bits per heavy atom. The average Bonchev–Trinajstić information content (AvgIpc) is 2.70. The molecular formula is C21H22F3N3O3. The van der Waals surface area contributed by atoms with Crippen molar-refractivity contribution < 1.29 is 27.5 Å². The molecule has 1 aromatic rings. The summed E-state index contributed by atoms with van der Waals surface area (Å²) in [5, 5.41) is 11.4. The first-order valence-corrected chi connectivity index (χ1v) is 8.92. The van der Waals surface area contributed by atoms with Crippen molar-refractivity contribution in [2.24, 2.45) is 10.9 Å². The molecule has 30 heavy (non-hydrogen) atoms. The third-order valence-corrected chi connectivity index (χ3v) is 3.80. The Bertz CT molecular complexity index is 879. The lowest BCUT2D eigenvalue weighted by atomic mass is 9.94. The summed E-state index contributed by atoms with van der Waals surface area (Å²) < 4.78 is 41.2. The van der Waals surface area contributed by atoms with Crippen LogP contribution >= 0.6 is 0 Å². The number of alkyl halides is 3. The van der Waals surface area contributed by atoms with Gasteiger partial charge in [0.05, 0.1) is 23.2 Å². The van der Waals surface area contributed by atoms with Crippen molar-refractivity contribution in [3.8, 4) is 6.07 Å². The summed E-state index contributed by atoms with van der Waals surface area (Å²) >= 11 is 0. The van der Waals surface area contributed by atoms with Crippen LogP contribution in [0, 0.1) is 17.2 Å². The first kappa shape index (κ1) is 24.6. The van der Waals surface area contributed by atoms with Crippen LogP contribution in [0.15, 0.2) is 53.4 Å². The molecule has 0 aliphatic heterocycles. The molecule has 1 N–H and O–H groups in total. The number of hydrogen-bond donors (Lipinski definition) is 1. The summed E-state index contributed by atoms with van der Waals surface area (Å²) in [6.45, 7) is 6.92. The summed E-state index contributed by atoms with van der Waals surface area (Å²) in [7, 11) is 0. The van der Waals surface area contributed by atoms with Gasteiger partial charge in [0.1, 0.15) is 0 Å². The van der Waals surface area contributed by atoms with Gasteiger partial charge in [0.15, 0.2) is 12.4 Å². The molecule has 1 atom stereocenters. The molecule has 0 heterocycles. The molecule has 0 saturated carbocycles. The van der Waals surface area contributed by atoms with Gasteiger partial charge < -0.3 is 10.1 Å². The van der Waals surface area contributed by atoms with Crippen LogP contribution in [0.1, 0.15) is 36.7 Å². The Morgan fingerprint density at radius 1 is 1.30 bits per heavy atom. The molecular weight excluding hydrogens is 399 g/mol. The van der Waals surface area contributed by atoms with Gasteiger partial charge in [-0.15, -0.1) is 0 Å². The zero-order chi connectivity index (χ0) is 22.9. The molecule has 0 saturated heterocycles. The highest BCUT2D eigenvalue weighted by Crippen LogP contribution is 2.17. The number of ketones is 1. The summed E-state index contributed by atoms with van der Waals surface area (Å²) in [5.74, 6) is -1.64. The number of carbonyl (C=O) groups excluding carboxylic acids is 2. The van der Waals surface area contributed by atoms with E-state index in [0.29, 0.717) is 11.1 Å². The average molecular weight is 421 g/mol. The molecule has 1 unspecified atom stereocenters. The number of benzene rings is 1. The van der Waals surface area contributed by atoms with Gasteiger partial charge in [-0.3, -0.25) is 9.59 Å². The number of nitrogens with zero attached hydrogens (tertiary/aromatic N) is 2. The fourth-order valence-corrected chi connectivity index (χ4v) is 2.21. The molecule has 0 aliphatic rings. The third-order valence-electron chi connectivity index (χ3n) is 3.80. The predicted molar refractivity (Wildman–Crippen MR) is 106 cm³/mol. The van der Waals surface area contributed by atoms with Crippen LogP contribution < -0.4 is 5.32 Å². The first-order valence-electron chi connectivity index (χ1n) is 8.92. The van der Waals surface area contributed by atoms with Gasteiger partial charge >= 0.3 is 6.18 Å². The van der Waals surface area contributed by atoms with E-state index in [0.717, 1.165) is 6.21 Å². The molecule has 0 radical (unpaired) electrons. The number of halogens is 3. The molecule has 0 fully saturated rings. The summed E-state index contributed by atoms with van der Waals surface area (Å²) in [6, 6.07) is 7.06. The Hall–Kier alpha value is -3.41. The maximum Gasteiger partial charge on any atom is 0.422 e. The number of rotatable bonds is 9. The first-order chi connectivity index (χ1) is 14.0. The number of nitriles is 1. The van der Waals surface area contributed by atoms with Gasteiger partial charge in [0, 0.05) is 11.8 Å². The number of allylic oxidation sites excluding steroid dienone is 1. The topological polar surface area (TPSA) is 91.5 Å². The van der Waals surface area contributed by atoms with E-state index >= 15 is 0 Å². The van der Waals surface area contributed by atoms with Gasteiger partial charge in [0.25, 0.3) is 5.91 Å². The minimum absolute atomic E-state index is 0.164. The molecule has 0 aliphatic carbocycles. The van der Waals surface area contributed by atoms with Crippen molar-refractivity contribution >= 4 is 17.9 Å². The molecule has 1 aromatic carbocycles. The number of hydrogen-bond acceptors (Lipinski definition) is 5. The smallest absolute Gasteiger partial charge is 0.422 e. The van der Waals surface area contributed by atoms with Crippen LogP contribution in [0.3, 0.4) is 0 Å². The van der Waals surface area contributed by atoms with Crippen molar-refractivity contribution in [1.29, 1.82) is 5.26 Å². The number of carbonyl (C=O) groups is 2. The van der Waals surface area contributed by atoms with E-state index in [1.54, 1.807) is 13.8 Å². The second-order valence-corrected chi connectivity index (χ2v) is 6.56. The Kier molecular flexibility index (Phi) is 8.99. The normalized spacial score (nSPS) is 13.1. The Labute approximate surface area is 172 Å². The van der Waals surface area contributed by atoms with Gasteiger partial charge in [-0.05, 0) is 31.1 Å². The highest BCUT2D eigenvalue weighted by molar-refractivity contribution is 6.13. The van der Waals surface area contributed by atoms with Crippen LogP contribution in [0.5, 0.6) is 0 Å². The van der Waals surface area contributed by atoms with Crippen LogP contribution in [-0.4, -0.2) is 36.7 Å². The van der Waals surface area contributed by atoms with E-state index in [2.05, 4.69) is 21.6 Å². The maximum atomic E-state index is 12.7. The molecule has 6 nitrogen and oxygen atoms in total. The van der Waals surface area contributed by atoms with Gasteiger partial charge in [-0.1, -0.05) is 32.6 Å². The van der Waals surface area contributed by atoms with Crippen molar-refractivity contribution in [1.82, 2.24) is 5.32 Å². The lowest BCUT2D eigenvalue weighted by Crippen LogP contribution is -2.45. The monoisotopic (exact) mass is 421 g/mol. The van der Waals surface area contributed by atoms with E-state index in [9.17, 15) is 22.8 Å². The fourth-order valence-electron chi connectivity index (χ4n) is 2.21. The maximum absolute atomic E-state index is 12.7. The van der Waals surface area contributed by atoms with Crippen molar-refractivity contribution in [3.05, 3.63) is 59.5 Å². The largest absolute Gasteiger partial charge is 0.468 e. The molecule has 160 valence electrons. The van der Waals surface area contributed by atoms with E-state index < -0.39 is 24.7 Å². The summed E-state index contributed by atoms with van der Waals surface area (Å²) in [5.41, 5.74) is 0.557. The number of aliphatic imine (C=N–C) groups is 1. The van der Waals surface area contributed by atoms with E-state index in [4.69, 9.17) is 5.26 Å². The molecule has 1 amide bonds. The quantitative estimate of drug-likeness (QED) is 0.283.